The summed E-state index contributed by atoms with van der Waals surface area (Å²) in [4.78, 5) is 16.1. The van der Waals surface area contributed by atoms with Crippen LogP contribution in [0.5, 0.6) is 0 Å². The summed E-state index contributed by atoms with van der Waals surface area (Å²) in [6.07, 6.45) is 2.52. The monoisotopic (exact) mass is 288 g/mol. The molecule has 1 rings (SSSR count). The highest BCUT2D eigenvalue weighted by Gasteiger charge is 2.12. The molecule has 0 bridgehead atoms. The molecule has 2 atom stereocenters. The van der Waals surface area contributed by atoms with Gasteiger partial charge in [-0.15, -0.1) is 22.9 Å². The van der Waals surface area contributed by atoms with E-state index in [9.17, 15) is 4.79 Å². The van der Waals surface area contributed by atoms with Crippen LogP contribution in [0.25, 0.3) is 0 Å². The van der Waals surface area contributed by atoms with E-state index in [1.54, 1.807) is 0 Å². The maximum absolute atomic E-state index is 11.8. The lowest BCUT2D eigenvalue weighted by molar-refractivity contribution is -0.121. The minimum atomic E-state index is 0.0428. The van der Waals surface area contributed by atoms with Crippen molar-refractivity contribution < 1.29 is 4.79 Å². The summed E-state index contributed by atoms with van der Waals surface area (Å²) in [5.74, 6) is 1.09. The first-order chi connectivity index (χ1) is 8.55. The van der Waals surface area contributed by atoms with Gasteiger partial charge in [0.25, 0.3) is 0 Å². The average molecular weight is 289 g/mol. The molecule has 0 spiro atoms. The van der Waals surface area contributed by atoms with Crippen LogP contribution in [0.1, 0.15) is 44.3 Å². The van der Waals surface area contributed by atoms with Crippen LogP contribution in [0.2, 0.25) is 0 Å². The van der Waals surface area contributed by atoms with E-state index in [2.05, 4.69) is 31.1 Å². The fraction of sp³-hybridized carbons (Fsp3) is 0.692. The Bertz CT molecular complexity index is 381. The molecule has 3 nitrogen and oxygen atoms in total. The van der Waals surface area contributed by atoms with Crippen molar-refractivity contribution in [2.75, 3.05) is 0 Å². The number of nitrogens with one attached hydrogen (secondary N) is 1. The standard InChI is InChI=1S/C13H21ClN2OS/c1-4-9(2)5-10(3)15-12(17)6-13-16-11(7-14)8-18-13/h8-10H,4-7H2,1-3H3,(H,15,17). The van der Waals surface area contributed by atoms with Crippen LogP contribution in [0, 0.1) is 5.92 Å². The van der Waals surface area contributed by atoms with E-state index in [4.69, 9.17) is 11.6 Å². The highest BCUT2D eigenvalue weighted by atomic mass is 35.5. The minimum absolute atomic E-state index is 0.0428. The first-order valence-electron chi connectivity index (χ1n) is 6.33. The summed E-state index contributed by atoms with van der Waals surface area (Å²) in [6, 6.07) is 0.222. The fourth-order valence-electron chi connectivity index (χ4n) is 1.78. The molecule has 5 heteroatoms. The molecule has 0 aliphatic heterocycles. The van der Waals surface area contributed by atoms with Gasteiger partial charge in [0.1, 0.15) is 5.01 Å². The molecule has 1 aromatic heterocycles. The lowest BCUT2D eigenvalue weighted by atomic mass is 10.0. The number of carbonyl (C=O) groups is 1. The van der Waals surface area contributed by atoms with E-state index in [0.717, 1.165) is 23.5 Å². The number of halogens is 1. The van der Waals surface area contributed by atoms with Crippen molar-refractivity contribution in [2.24, 2.45) is 5.92 Å². The molecule has 1 N–H and O–H groups in total. The van der Waals surface area contributed by atoms with Crippen LogP contribution in [-0.4, -0.2) is 16.9 Å². The molecule has 102 valence electrons. The zero-order valence-corrected chi connectivity index (χ0v) is 12.8. The van der Waals surface area contributed by atoms with Gasteiger partial charge in [0.15, 0.2) is 0 Å². The third-order valence-corrected chi connectivity index (χ3v) is 4.08. The molecule has 0 aliphatic carbocycles. The van der Waals surface area contributed by atoms with Gasteiger partial charge in [-0.2, -0.15) is 0 Å². The summed E-state index contributed by atoms with van der Waals surface area (Å²) in [6.45, 7) is 6.43. The molecule has 1 aromatic rings. The van der Waals surface area contributed by atoms with Gasteiger partial charge in [-0.25, -0.2) is 4.98 Å². The van der Waals surface area contributed by atoms with Crippen molar-refractivity contribution in [3.8, 4) is 0 Å². The van der Waals surface area contributed by atoms with Crippen LogP contribution in [-0.2, 0) is 17.1 Å². The second-order valence-corrected chi connectivity index (χ2v) is 5.97. The van der Waals surface area contributed by atoms with Gasteiger partial charge in [-0.1, -0.05) is 20.3 Å². The third-order valence-electron chi connectivity index (χ3n) is 2.91. The molecule has 1 amide bonds. The van der Waals surface area contributed by atoms with E-state index in [1.807, 2.05) is 5.38 Å². The summed E-state index contributed by atoms with van der Waals surface area (Å²) in [5, 5.41) is 5.75. The molecular formula is C13H21ClN2OS. The molecular weight excluding hydrogens is 268 g/mol. The molecule has 2 unspecified atom stereocenters. The van der Waals surface area contributed by atoms with Gasteiger partial charge >= 0.3 is 0 Å². The Morgan fingerprint density at radius 3 is 2.83 bits per heavy atom. The van der Waals surface area contributed by atoms with E-state index in [1.165, 1.54) is 11.3 Å². The third kappa shape index (κ3) is 5.36. The number of thiazole rings is 1. The minimum Gasteiger partial charge on any atom is -0.353 e. The van der Waals surface area contributed by atoms with Gasteiger partial charge in [0.05, 0.1) is 18.0 Å². The van der Waals surface area contributed by atoms with E-state index < -0.39 is 0 Å². The lowest BCUT2D eigenvalue weighted by Crippen LogP contribution is -2.34. The quantitative estimate of drug-likeness (QED) is 0.782. The number of amides is 1. The van der Waals surface area contributed by atoms with Crippen molar-refractivity contribution in [1.82, 2.24) is 10.3 Å². The number of aromatic nitrogens is 1. The zero-order valence-electron chi connectivity index (χ0n) is 11.2. The Hall–Kier alpha value is -0.610. The van der Waals surface area contributed by atoms with Gasteiger partial charge in [0.2, 0.25) is 5.91 Å². The predicted octanol–water partition coefficient (Wildman–Crippen LogP) is 3.37. The van der Waals surface area contributed by atoms with Gasteiger partial charge in [0, 0.05) is 11.4 Å². The van der Waals surface area contributed by atoms with Crippen molar-refractivity contribution in [2.45, 2.75) is 52.0 Å². The highest BCUT2D eigenvalue weighted by molar-refractivity contribution is 7.09. The SMILES string of the molecule is CCC(C)CC(C)NC(=O)Cc1nc(CCl)cs1. The number of carbonyl (C=O) groups excluding carboxylic acids is 1. The molecule has 1 heterocycles. The normalized spacial score (nSPS) is 14.2. The molecule has 0 saturated heterocycles. The van der Waals surface area contributed by atoms with E-state index in [0.29, 0.717) is 18.2 Å². The van der Waals surface area contributed by atoms with Gasteiger partial charge < -0.3 is 5.32 Å². The number of hydrogen-bond acceptors (Lipinski definition) is 3. The maximum Gasteiger partial charge on any atom is 0.227 e. The summed E-state index contributed by atoms with van der Waals surface area (Å²) < 4.78 is 0. The van der Waals surface area contributed by atoms with Crippen LogP contribution >= 0.6 is 22.9 Å². The Labute approximate surface area is 118 Å². The van der Waals surface area contributed by atoms with Gasteiger partial charge in [-0.3, -0.25) is 4.79 Å². The molecule has 0 fully saturated rings. The van der Waals surface area contributed by atoms with Crippen LogP contribution in [0.15, 0.2) is 5.38 Å². The highest BCUT2D eigenvalue weighted by Crippen LogP contribution is 2.13. The molecule has 0 saturated carbocycles. The maximum atomic E-state index is 11.8. The molecule has 0 radical (unpaired) electrons. The first kappa shape index (κ1) is 15.4. The average Bonchev–Trinajstić information content (AvgIpc) is 2.75. The Balaban J connectivity index is 2.36. The fourth-order valence-corrected chi connectivity index (χ4v) is 2.80. The second-order valence-electron chi connectivity index (χ2n) is 4.76. The van der Waals surface area contributed by atoms with Crippen molar-refractivity contribution in [3.05, 3.63) is 16.1 Å². The summed E-state index contributed by atoms with van der Waals surface area (Å²) in [5.41, 5.74) is 0.845. The van der Waals surface area contributed by atoms with Crippen molar-refractivity contribution >= 4 is 28.8 Å². The van der Waals surface area contributed by atoms with Crippen molar-refractivity contribution in [3.63, 3.8) is 0 Å². The van der Waals surface area contributed by atoms with Crippen LogP contribution < -0.4 is 5.32 Å². The Kier molecular flexibility index (Phi) is 6.65. The smallest absolute Gasteiger partial charge is 0.227 e. The second kappa shape index (κ2) is 7.74. The summed E-state index contributed by atoms with van der Waals surface area (Å²) in [7, 11) is 0. The Morgan fingerprint density at radius 1 is 1.56 bits per heavy atom. The Morgan fingerprint density at radius 2 is 2.28 bits per heavy atom. The zero-order chi connectivity index (χ0) is 13.5. The molecule has 18 heavy (non-hydrogen) atoms. The van der Waals surface area contributed by atoms with Crippen molar-refractivity contribution in [1.29, 1.82) is 0 Å². The first-order valence-corrected chi connectivity index (χ1v) is 7.75. The number of nitrogens with zero attached hydrogens (tertiary/aromatic N) is 1. The van der Waals surface area contributed by atoms with E-state index in [-0.39, 0.29) is 11.9 Å². The molecule has 0 aliphatic rings. The molecule has 0 aromatic carbocycles. The van der Waals surface area contributed by atoms with E-state index >= 15 is 0 Å². The van der Waals surface area contributed by atoms with Gasteiger partial charge in [-0.05, 0) is 19.3 Å². The number of rotatable bonds is 7. The largest absolute Gasteiger partial charge is 0.353 e. The topological polar surface area (TPSA) is 42.0 Å². The number of alkyl halides is 1. The number of hydrogen-bond donors (Lipinski definition) is 1. The predicted molar refractivity (Wildman–Crippen MR) is 77.1 cm³/mol. The van der Waals surface area contributed by atoms with Crippen LogP contribution in [0.3, 0.4) is 0 Å². The summed E-state index contributed by atoms with van der Waals surface area (Å²) >= 11 is 7.17. The lowest BCUT2D eigenvalue weighted by Gasteiger charge is -2.17. The van der Waals surface area contributed by atoms with Crippen LogP contribution in [0.4, 0.5) is 0 Å².